The zero-order chi connectivity index (χ0) is 11.6. The Morgan fingerprint density at radius 2 is 2.06 bits per heavy atom. The van der Waals surface area contributed by atoms with Crippen molar-refractivity contribution < 1.29 is 4.42 Å². The molecule has 16 heavy (non-hydrogen) atoms. The molecule has 1 aromatic heterocycles. The second-order valence-electron chi connectivity index (χ2n) is 4.80. The molecule has 0 amide bonds. The van der Waals surface area contributed by atoms with Gasteiger partial charge in [0.1, 0.15) is 0 Å². The van der Waals surface area contributed by atoms with Crippen molar-refractivity contribution in [3.63, 3.8) is 0 Å². The fraction of sp³-hybridized carbons (Fsp3) is 0.818. The minimum Gasteiger partial charge on any atom is -0.424 e. The molecule has 1 saturated heterocycles. The quantitative estimate of drug-likeness (QED) is 0.828. The van der Waals surface area contributed by atoms with Crippen molar-refractivity contribution in [3.8, 4) is 0 Å². The lowest BCUT2D eigenvalue weighted by atomic mass is 9.90. The molecule has 1 fully saturated rings. The van der Waals surface area contributed by atoms with Gasteiger partial charge in [-0.15, -0.1) is 10.2 Å². The number of hydrogen-bond acceptors (Lipinski definition) is 5. The Bertz CT molecular complexity index is 342. The molecular weight excluding hydrogens is 204 g/mol. The van der Waals surface area contributed by atoms with Crippen LogP contribution in [0.4, 0.5) is 0 Å². The summed E-state index contributed by atoms with van der Waals surface area (Å²) in [5.74, 6) is 1.37. The molecule has 1 aromatic rings. The molecule has 1 aliphatic heterocycles. The van der Waals surface area contributed by atoms with Crippen LogP contribution < -0.4 is 5.32 Å². The lowest BCUT2D eigenvalue weighted by molar-refractivity contribution is 0.136. The highest BCUT2D eigenvalue weighted by Gasteiger charge is 2.28. The molecule has 2 heterocycles. The number of nitrogens with zero attached hydrogens (tertiary/aromatic N) is 3. The third kappa shape index (κ3) is 2.59. The van der Waals surface area contributed by atoms with Crippen LogP contribution in [0.1, 0.15) is 31.5 Å². The topological polar surface area (TPSA) is 54.2 Å². The van der Waals surface area contributed by atoms with Crippen molar-refractivity contribution in [2.45, 2.75) is 38.8 Å². The van der Waals surface area contributed by atoms with Crippen LogP contribution in [0.25, 0.3) is 0 Å². The summed E-state index contributed by atoms with van der Waals surface area (Å²) in [6.07, 6.45) is 2.33. The van der Waals surface area contributed by atoms with E-state index in [-0.39, 0.29) is 0 Å². The maximum absolute atomic E-state index is 5.39. The number of aromatic nitrogens is 2. The van der Waals surface area contributed by atoms with Gasteiger partial charge in [-0.2, -0.15) is 0 Å². The van der Waals surface area contributed by atoms with Crippen molar-refractivity contribution in [2.75, 3.05) is 20.1 Å². The Morgan fingerprint density at radius 3 is 2.56 bits per heavy atom. The zero-order valence-electron chi connectivity index (χ0n) is 10.3. The van der Waals surface area contributed by atoms with E-state index >= 15 is 0 Å². The summed E-state index contributed by atoms with van der Waals surface area (Å²) in [5, 5.41) is 11.3. The second kappa shape index (κ2) is 4.51. The predicted octanol–water partition coefficient (Wildman–Crippen LogP) is 0.952. The fourth-order valence-electron chi connectivity index (χ4n) is 2.05. The van der Waals surface area contributed by atoms with E-state index in [9.17, 15) is 0 Å². The van der Waals surface area contributed by atoms with Crippen LogP contribution in [0.2, 0.25) is 0 Å². The molecule has 1 aliphatic rings. The number of aryl methyl sites for hydroxylation is 1. The molecular formula is C11H20N4O. The Balaban J connectivity index is 1.86. The van der Waals surface area contributed by atoms with E-state index in [2.05, 4.69) is 27.3 Å². The SMILES string of the molecule is CNC1(C)CCN(Cc2nnc(C)o2)CC1. The molecule has 0 saturated carbocycles. The van der Waals surface area contributed by atoms with E-state index in [0.29, 0.717) is 11.4 Å². The third-order valence-electron chi connectivity index (χ3n) is 3.49. The number of nitrogens with one attached hydrogen (secondary N) is 1. The van der Waals surface area contributed by atoms with Gasteiger partial charge in [-0.3, -0.25) is 4.90 Å². The first kappa shape index (κ1) is 11.5. The van der Waals surface area contributed by atoms with Crippen LogP contribution in [0.5, 0.6) is 0 Å². The molecule has 0 aliphatic carbocycles. The maximum Gasteiger partial charge on any atom is 0.230 e. The maximum atomic E-state index is 5.39. The minimum atomic E-state index is 0.293. The summed E-state index contributed by atoms with van der Waals surface area (Å²) in [5.41, 5.74) is 0.293. The summed E-state index contributed by atoms with van der Waals surface area (Å²) in [4.78, 5) is 2.37. The Morgan fingerprint density at radius 1 is 1.38 bits per heavy atom. The van der Waals surface area contributed by atoms with Gasteiger partial charge >= 0.3 is 0 Å². The molecule has 1 N–H and O–H groups in total. The largest absolute Gasteiger partial charge is 0.424 e. The highest BCUT2D eigenvalue weighted by molar-refractivity contribution is 4.89. The molecule has 2 rings (SSSR count). The first-order valence-electron chi connectivity index (χ1n) is 5.81. The molecule has 0 unspecified atom stereocenters. The molecule has 0 bridgehead atoms. The lowest BCUT2D eigenvalue weighted by Gasteiger charge is -2.38. The third-order valence-corrected chi connectivity index (χ3v) is 3.49. The minimum absolute atomic E-state index is 0.293. The lowest BCUT2D eigenvalue weighted by Crippen LogP contribution is -2.49. The molecule has 5 heteroatoms. The van der Waals surface area contributed by atoms with Crippen molar-refractivity contribution in [3.05, 3.63) is 11.8 Å². The first-order chi connectivity index (χ1) is 7.61. The van der Waals surface area contributed by atoms with Crippen LogP contribution in [0.3, 0.4) is 0 Å². The van der Waals surface area contributed by atoms with Crippen LogP contribution in [-0.2, 0) is 6.54 Å². The van der Waals surface area contributed by atoms with Gasteiger partial charge in [0.05, 0.1) is 6.54 Å². The summed E-state index contributed by atoms with van der Waals surface area (Å²) in [6.45, 7) is 7.05. The summed E-state index contributed by atoms with van der Waals surface area (Å²) >= 11 is 0. The number of hydrogen-bond donors (Lipinski definition) is 1. The van der Waals surface area contributed by atoms with Crippen LogP contribution >= 0.6 is 0 Å². The molecule has 5 nitrogen and oxygen atoms in total. The number of rotatable bonds is 3. The molecule has 0 radical (unpaired) electrons. The average molecular weight is 224 g/mol. The Labute approximate surface area is 96.2 Å². The molecule has 0 spiro atoms. The van der Waals surface area contributed by atoms with E-state index in [1.54, 1.807) is 0 Å². The van der Waals surface area contributed by atoms with Crippen LogP contribution in [0, 0.1) is 6.92 Å². The molecule has 90 valence electrons. The zero-order valence-corrected chi connectivity index (χ0v) is 10.3. The Kier molecular flexibility index (Phi) is 3.25. The highest BCUT2D eigenvalue weighted by atomic mass is 16.4. The molecule has 0 atom stereocenters. The number of piperidine rings is 1. The van der Waals surface area contributed by atoms with Gasteiger partial charge in [0.2, 0.25) is 11.8 Å². The predicted molar refractivity (Wildman–Crippen MR) is 61.0 cm³/mol. The second-order valence-corrected chi connectivity index (χ2v) is 4.80. The van der Waals surface area contributed by atoms with Crippen molar-refractivity contribution in [1.29, 1.82) is 0 Å². The summed E-state index contributed by atoms with van der Waals surface area (Å²) in [7, 11) is 2.04. The number of likely N-dealkylation sites (tertiary alicyclic amines) is 1. The standard InChI is InChI=1S/C11H20N4O/c1-9-13-14-10(16-9)8-15-6-4-11(2,12-3)5-7-15/h12H,4-8H2,1-3H3. The van der Waals surface area contributed by atoms with E-state index in [1.807, 2.05) is 14.0 Å². The summed E-state index contributed by atoms with van der Waals surface area (Å²) in [6, 6.07) is 0. The monoisotopic (exact) mass is 224 g/mol. The van der Waals surface area contributed by atoms with Crippen molar-refractivity contribution >= 4 is 0 Å². The van der Waals surface area contributed by atoms with Gasteiger partial charge in [0.15, 0.2) is 0 Å². The van der Waals surface area contributed by atoms with Gasteiger partial charge in [-0.1, -0.05) is 0 Å². The normalized spacial score (nSPS) is 21.2. The van der Waals surface area contributed by atoms with E-state index in [1.165, 1.54) is 0 Å². The van der Waals surface area contributed by atoms with Gasteiger partial charge in [0, 0.05) is 25.6 Å². The van der Waals surface area contributed by atoms with E-state index in [0.717, 1.165) is 38.4 Å². The van der Waals surface area contributed by atoms with Gasteiger partial charge in [-0.05, 0) is 26.8 Å². The van der Waals surface area contributed by atoms with Crippen LogP contribution in [0.15, 0.2) is 4.42 Å². The van der Waals surface area contributed by atoms with E-state index in [4.69, 9.17) is 4.42 Å². The van der Waals surface area contributed by atoms with Crippen LogP contribution in [-0.4, -0.2) is 40.8 Å². The summed E-state index contributed by atoms with van der Waals surface area (Å²) < 4.78 is 5.39. The van der Waals surface area contributed by atoms with Gasteiger partial charge in [0.25, 0.3) is 0 Å². The first-order valence-corrected chi connectivity index (χ1v) is 5.81. The Hall–Kier alpha value is -0.940. The van der Waals surface area contributed by atoms with Crippen molar-refractivity contribution in [2.24, 2.45) is 0 Å². The fourth-order valence-corrected chi connectivity index (χ4v) is 2.05. The van der Waals surface area contributed by atoms with E-state index < -0.39 is 0 Å². The highest BCUT2D eigenvalue weighted by Crippen LogP contribution is 2.21. The average Bonchev–Trinajstić information content (AvgIpc) is 2.68. The van der Waals surface area contributed by atoms with Gasteiger partial charge < -0.3 is 9.73 Å². The smallest absolute Gasteiger partial charge is 0.230 e. The van der Waals surface area contributed by atoms with Gasteiger partial charge in [-0.25, -0.2) is 0 Å². The molecule has 0 aromatic carbocycles. The van der Waals surface area contributed by atoms with Crippen molar-refractivity contribution in [1.82, 2.24) is 20.4 Å².